The highest BCUT2D eigenvalue weighted by Gasteiger charge is 2.15. The number of guanidine groups is 1. The molecular weight excluding hydrogens is 364 g/mol. The predicted octanol–water partition coefficient (Wildman–Crippen LogP) is 3.46. The van der Waals surface area contributed by atoms with Crippen molar-refractivity contribution >= 4 is 17.6 Å². The van der Waals surface area contributed by atoms with Crippen LogP contribution in [0, 0.1) is 0 Å². The summed E-state index contributed by atoms with van der Waals surface area (Å²) in [6.45, 7) is 3.01. The van der Waals surface area contributed by atoms with Gasteiger partial charge in [0, 0.05) is 45.6 Å². The molecule has 0 amide bonds. The van der Waals surface area contributed by atoms with Crippen LogP contribution in [0.25, 0.3) is 0 Å². The molecule has 0 aromatic carbocycles. The summed E-state index contributed by atoms with van der Waals surface area (Å²) >= 11 is 6.12. The standard InChI is InChI=1S/C20H29ClN4O2/c1-24-14-16(21)12-17(24)15-25(2)20(22-9-8-18-7-5-11-26-18)23-13-19-6-3-4-10-27-19/h5,7,11-12,14,19H,3-4,6,8-10,13,15H2,1-2H3,(H,22,23). The first kappa shape index (κ1) is 19.8. The SMILES string of the molecule is CN(Cc1cc(Cl)cn1C)C(=NCC1CCCCO1)NCCc1ccco1. The summed E-state index contributed by atoms with van der Waals surface area (Å²) in [4.78, 5) is 6.95. The molecule has 2 aromatic rings. The van der Waals surface area contributed by atoms with Crippen molar-refractivity contribution in [3.63, 3.8) is 0 Å². The van der Waals surface area contributed by atoms with E-state index in [1.165, 1.54) is 6.42 Å². The van der Waals surface area contributed by atoms with E-state index in [2.05, 4.69) is 10.2 Å². The van der Waals surface area contributed by atoms with Gasteiger partial charge in [-0.25, -0.2) is 0 Å². The van der Waals surface area contributed by atoms with E-state index in [1.807, 2.05) is 43.1 Å². The Hall–Kier alpha value is -1.92. The molecule has 1 aliphatic rings. The molecule has 3 heterocycles. The van der Waals surface area contributed by atoms with Gasteiger partial charge in [-0.05, 0) is 37.5 Å². The van der Waals surface area contributed by atoms with Crippen molar-refractivity contribution in [2.45, 2.75) is 38.3 Å². The van der Waals surface area contributed by atoms with Gasteiger partial charge in [0.05, 0.1) is 30.5 Å². The molecule has 27 heavy (non-hydrogen) atoms. The zero-order chi connectivity index (χ0) is 19.1. The van der Waals surface area contributed by atoms with Crippen molar-refractivity contribution in [1.82, 2.24) is 14.8 Å². The quantitative estimate of drug-likeness (QED) is 0.579. The third-order valence-electron chi connectivity index (χ3n) is 4.79. The Morgan fingerprint density at radius 2 is 2.33 bits per heavy atom. The lowest BCUT2D eigenvalue weighted by Crippen LogP contribution is -2.40. The number of aliphatic imine (C=N–C) groups is 1. The molecule has 1 fully saturated rings. The zero-order valence-electron chi connectivity index (χ0n) is 16.2. The Morgan fingerprint density at radius 1 is 1.44 bits per heavy atom. The third kappa shape index (κ3) is 6.04. The van der Waals surface area contributed by atoms with Crippen LogP contribution in [0.1, 0.15) is 30.7 Å². The first-order valence-corrected chi connectivity index (χ1v) is 9.94. The fourth-order valence-corrected chi connectivity index (χ4v) is 3.52. The van der Waals surface area contributed by atoms with Crippen LogP contribution in [0.3, 0.4) is 0 Å². The lowest BCUT2D eigenvalue weighted by molar-refractivity contribution is 0.0223. The van der Waals surface area contributed by atoms with Crippen LogP contribution in [0.15, 0.2) is 40.1 Å². The molecule has 1 unspecified atom stereocenters. The molecule has 148 valence electrons. The number of hydrogen-bond donors (Lipinski definition) is 1. The number of halogens is 1. The van der Waals surface area contributed by atoms with Gasteiger partial charge in [-0.15, -0.1) is 0 Å². The molecule has 1 N–H and O–H groups in total. The number of rotatable bonds is 7. The van der Waals surface area contributed by atoms with Crippen LogP contribution < -0.4 is 5.32 Å². The van der Waals surface area contributed by atoms with Crippen LogP contribution in [0.2, 0.25) is 5.02 Å². The second-order valence-electron chi connectivity index (χ2n) is 7.03. The van der Waals surface area contributed by atoms with Crippen molar-refractivity contribution in [2.24, 2.45) is 12.0 Å². The van der Waals surface area contributed by atoms with Gasteiger partial charge in [-0.1, -0.05) is 11.6 Å². The summed E-state index contributed by atoms with van der Waals surface area (Å²) in [6.07, 6.45) is 8.12. The van der Waals surface area contributed by atoms with Gasteiger partial charge in [0.1, 0.15) is 5.76 Å². The average molecular weight is 393 g/mol. The molecule has 7 heteroatoms. The number of hydrogen-bond acceptors (Lipinski definition) is 3. The fraction of sp³-hybridized carbons (Fsp3) is 0.550. The van der Waals surface area contributed by atoms with Crippen molar-refractivity contribution in [3.05, 3.63) is 47.1 Å². The van der Waals surface area contributed by atoms with Gasteiger partial charge in [0.25, 0.3) is 0 Å². The minimum atomic E-state index is 0.221. The lowest BCUT2D eigenvalue weighted by atomic mass is 10.1. The fourth-order valence-electron chi connectivity index (χ4n) is 3.24. The number of nitrogens with zero attached hydrogens (tertiary/aromatic N) is 3. The largest absolute Gasteiger partial charge is 0.469 e. The second-order valence-corrected chi connectivity index (χ2v) is 7.46. The topological polar surface area (TPSA) is 54.9 Å². The number of furan rings is 1. The van der Waals surface area contributed by atoms with Crippen molar-refractivity contribution in [3.8, 4) is 0 Å². The molecule has 0 spiro atoms. The summed E-state index contributed by atoms with van der Waals surface area (Å²) in [6, 6.07) is 5.89. The number of aryl methyl sites for hydroxylation is 1. The van der Waals surface area contributed by atoms with Gasteiger partial charge >= 0.3 is 0 Å². The van der Waals surface area contributed by atoms with E-state index in [9.17, 15) is 0 Å². The van der Waals surface area contributed by atoms with Gasteiger partial charge in [-0.3, -0.25) is 4.99 Å². The van der Waals surface area contributed by atoms with Crippen molar-refractivity contribution in [1.29, 1.82) is 0 Å². The van der Waals surface area contributed by atoms with Crippen molar-refractivity contribution in [2.75, 3.05) is 26.7 Å². The average Bonchev–Trinajstić information content (AvgIpc) is 3.28. The highest BCUT2D eigenvalue weighted by atomic mass is 35.5. The van der Waals surface area contributed by atoms with Gasteiger partial charge in [-0.2, -0.15) is 0 Å². The second kappa shape index (κ2) is 9.85. The van der Waals surface area contributed by atoms with Gasteiger partial charge in [0.15, 0.2) is 5.96 Å². The molecule has 1 atom stereocenters. The maximum Gasteiger partial charge on any atom is 0.194 e. The summed E-state index contributed by atoms with van der Waals surface area (Å²) < 4.78 is 13.3. The molecule has 0 radical (unpaired) electrons. The summed E-state index contributed by atoms with van der Waals surface area (Å²) in [5, 5.41) is 4.21. The normalized spacial score (nSPS) is 17.9. The Balaban J connectivity index is 1.62. The summed E-state index contributed by atoms with van der Waals surface area (Å²) in [5.41, 5.74) is 1.14. The van der Waals surface area contributed by atoms with Crippen LogP contribution >= 0.6 is 11.6 Å². The van der Waals surface area contributed by atoms with Crippen LogP contribution in [0.5, 0.6) is 0 Å². The maximum absolute atomic E-state index is 6.12. The first-order chi connectivity index (χ1) is 13.1. The van der Waals surface area contributed by atoms with E-state index >= 15 is 0 Å². The van der Waals surface area contributed by atoms with Crippen LogP contribution in [-0.4, -0.2) is 48.3 Å². The summed E-state index contributed by atoms with van der Waals surface area (Å²) in [7, 11) is 4.05. The lowest BCUT2D eigenvalue weighted by Gasteiger charge is -2.25. The van der Waals surface area contributed by atoms with E-state index in [0.29, 0.717) is 6.54 Å². The Morgan fingerprint density at radius 3 is 3.00 bits per heavy atom. The van der Waals surface area contributed by atoms with Gasteiger partial charge < -0.3 is 23.9 Å². The van der Waals surface area contributed by atoms with E-state index < -0.39 is 0 Å². The maximum atomic E-state index is 6.12. The Kier molecular flexibility index (Phi) is 7.24. The molecule has 6 nitrogen and oxygen atoms in total. The molecule has 1 saturated heterocycles. The molecule has 2 aromatic heterocycles. The minimum Gasteiger partial charge on any atom is -0.469 e. The molecule has 0 bridgehead atoms. The number of ether oxygens (including phenoxy) is 1. The molecule has 0 saturated carbocycles. The summed E-state index contributed by atoms with van der Waals surface area (Å²) in [5.74, 6) is 1.84. The van der Waals surface area contributed by atoms with E-state index in [4.69, 9.17) is 25.7 Å². The van der Waals surface area contributed by atoms with Crippen LogP contribution in [0.4, 0.5) is 0 Å². The molecule has 1 aliphatic heterocycles. The van der Waals surface area contributed by atoms with Crippen LogP contribution in [-0.2, 0) is 24.8 Å². The highest BCUT2D eigenvalue weighted by molar-refractivity contribution is 6.30. The minimum absolute atomic E-state index is 0.221. The monoisotopic (exact) mass is 392 g/mol. The van der Waals surface area contributed by atoms with Gasteiger partial charge in [0.2, 0.25) is 0 Å². The Bertz CT molecular complexity index is 720. The van der Waals surface area contributed by atoms with E-state index in [-0.39, 0.29) is 6.10 Å². The van der Waals surface area contributed by atoms with Crippen molar-refractivity contribution < 1.29 is 9.15 Å². The highest BCUT2D eigenvalue weighted by Crippen LogP contribution is 2.15. The zero-order valence-corrected chi connectivity index (χ0v) is 16.9. The predicted molar refractivity (Wildman–Crippen MR) is 108 cm³/mol. The molecule has 3 rings (SSSR count). The number of aromatic nitrogens is 1. The van der Waals surface area contributed by atoms with E-state index in [1.54, 1.807) is 6.26 Å². The molecule has 0 aliphatic carbocycles. The smallest absolute Gasteiger partial charge is 0.194 e. The Labute approximate surface area is 166 Å². The first-order valence-electron chi connectivity index (χ1n) is 9.56. The van der Waals surface area contributed by atoms with E-state index in [0.717, 1.165) is 61.4 Å². The molecular formula is C20H29ClN4O2. The third-order valence-corrected chi connectivity index (χ3v) is 5.00. The number of nitrogens with one attached hydrogen (secondary N) is 1.